The molecular weight excluding hydrogens is 456 g/mol. The minimum absolute atomic E-state index is 0. The fraction of sp³-hybridized carbons (Fsp3) is 0.500. The van der Waals surface area contributed by atoms with E-state index in [0.29, 0.717) is 31.0 Å². The van der Waals surface area contributed by atoms with E-state index in [9.17, 15) is 23.4 Å². The predicted molar refractivity (Wildman–Crippen MR) is 116 cm³/mol. The van der Waals surface area contributed by atoms with Crippen molar-refractivity contribution in [2.45, 2.75) is 57.0 Å². The van der Waals surface area contributed by atoms with Gasteiger partial charge in [-0.25, -0.2) is 0 Å². The molecule has 1 aromatic heterocycles. The predicted octanol–water partition coefficient (Wildman–Crippen LogP) is 4.07. The van der Waals surface area contributed by atoms with Crippen molar-refractivity contribution in [3.8, 4) is 17.0 Å². The van der Waals surface area contributed by atoms with Crippen LogP contribution in [0.1, 0.15) is 42.4 Å². The van der Waals surface area contributed by atoms with Crippen molar-refractivity contribution in [3.63, 3.8) is 0 Å². The number of alkyl halides is 3. The average Bonchev–Trinajstić information content (AvgIpc) is 2.69. The molecule has 2 aliphatic rings. The highest BCUT2D eigenvalue weighted by Crippen LogP contribution is 2.38. The van der Waals surface area contributed by atoms with Gasteiger partial charge in [0.05, 0.1) is 17.7 Å². The molecule has 0 saturated heterocycles. The first-order chi connectivity index (χ1) is 13.8. The summed E-state index contributed by atoms with van der Waals surface area (Å²) < 4.78 is 38.7. The molecule has 0 spiro atoms. The van der Waals surface area contributed by atoms with Gasteiger partial charge in [-0.05, 0) is 49.6 Å². The fourth-order valence-corrected chi connectivity index (χ4v) is 4.09. The van der Waals surface area contributed by atoms with Crippen LogP contribution >= 0.6 is 24.8 Å². The summed E-state index contributed by atoms with van der Waals surface area (Å²) in [5.74, 6) is 0.103. The second-order valence-corrected chi connectivity index (χ2v) is 7.61. The van der Waals surface area contributed by atoms with Crippen LogP contribution in [-0.2, 0) is 19.1 Å². The third-order valence-corrected chi connectivity index (χ3v) is 5.67. The number of hydrogen-bond acceptors (Lipinski definition) is 6. The average molecular weight is 481 g/mol. The Hall–Kier alpha value is -1.81. The number of benzene rings is 1. The van der Waals surface area contributed by atoms with Gasteiger partial charge >= 0.3 is 6.18 Å². The number of phenols is 1. The highest BCUT2D eigenvalue weighted by atomic mass is 35.5. The Balaban J connectivity index is 0.00000171. The second kappa shape index (κ2) is 10.2. The van der Waals surface area contributed by atoms with E-state index in [1.54, 1.807) is 0 Å². The van der Waals surface area contributed by atoms with Crippen LogP contribution in [0.4, 0.5) is 19.0 Å². The molecule has 1 fully saturated rings. The number of fused-ring (bicyclic) bond motifs is 1. The molecule has 11 heteroatoms. The number of nitrogens with one attached hydrogen (secondary N) is 2. The van der Waals surface area contributed by atoms with Gasteiger partial charge in [0.2, 0.25) is 0 Å². The van der Waals surface area contributed by atoms with Crippen molar-refractivity contribution in [2.24, 2.45) is 0 Å². The SMILES string of the molecule is Cl.Cl.Oc1cc(C(F)(F)F)ccc1-c1nnc(N[C@@H]2CCCC[C@H]2O)c2c1CCNC2. The number of aromatic hydroxyl groups is 1. The maximum absolute atomic E-state index is 12.9. The summed E-state index contributed by atoms with van der Waals surface area (Å²) in [6.07, 6.45) is -0.759. The number of nitrogens with zero attached hydrogens (tertiary/aromatic N) is 2. The molecule has 2 aromatic rings. The maximum atomic E-state index is 12.9. The van der Waals surface area contributed by atoms with Crippen LogP contribution in [0.25, 0.3) is 11.3 Å². The summed E-state index contributed by atoms with van der Waals surface area (Å²) in [4.78, 5) is 0. The fourth-order valence-electron chi connectivity index (χ4n) is 4.09. The molecular formula is C20H25Cl2F3N4O2. The van der Waals surface area contributed by atoms with Crippen LogP contribution in [0.15, 0.2) is 18.2 Å². The van der Waals surface area contributed by atoms with Gasteiger partial charge in [-0.1, -0.05) is 12.8 Å². The second-order valence-electron chi connectivity index (χ2n) is 7.61. The van der Waals surface area contributed by atoms with Crippen molar-refractivity contribution in [3.05, 3.63) is 34.9 Å². The molecule has 0 radical (unpaired) electrons. The molecule has 1 aromatic carbocycles. The van der Waals surface area contributed by atoms with Crippen molar-refractivity contribution >= 4 is 30.6 Å². The zero-order chi connectivity index (χ0) is 20.6. The first-order valence-electron chi connectivity index (χ1n) is 9.79. The Morgan fingerprint density at radius 3 is 2.48 bits per heavy atom. The van der Waals surface area contributed by atoms with Gasteiger partial charge in [0.25, 0.3) is 0 Å². The van der Waals surface area contributed by atoms with Crippen LogP contribution in [0.5, 0.6) is 5.75 Å². The maximum Gasteiger partial charge on any atom is 0.416 e. The van der Waals surface area contributed by atoms with Crippen LogP contribution < -0.4 is 10.6 Å². The normalized spacial score (nSPS) is 20.8. The quantitative estimate of drug-likeness (QED) is 0.529. The molecule has 1 aliphatic carbocycles. The summed E-state index contributed by atoms with van der Waals surface area (Å²) in [6.45, 7) is 1.23. The van der Waals surface area contributed by atoms with Crippen molar-refractivity contribution in [1.82, 2.24) is 15.5 Å². The van der Waals surface area contributed by atoms with Gasteiger partial charge in [-0.2, -0.15) is 13.2 Å². The first-order valence-corrected chi connectivity index (χ1v) is 9.79. The van der Waals surface area contributed by atoms with Crippen molar-refractivity contribution < 1.29 is 23.4 Å². The Morgan fingerprint density at radius 2 is 1.81 bits per heavy atom. The van der Waals surface area contributed by atoms with Gasteiger partial charge in [-0.15, -0.1) is 35.0 Å². The monoisotopic (exact) mass is 480 g/mol. The van der Waals surface area contributed by atoms with E-state index in [4.69, 9.17) is 0 Å². The molecule has 31 heavy (non-hydrogen) atoms. The standard InChI is InChI=1S/C20H23F3N4O2.2ClH/c21-20(22,23)11-5-6-13(17(29)9-11)18-12-7-8-24-10-14(12)19(27-26-18)25-15-3-1-2-4-16(15)28;;/h5-6,9,15-16,24,28-29H,1-4,7-8,10H2,(H,25,27);2*1H/t15-,16-;;/m1../s1. The number of halogens is 5. The lowest BCUT2D eigenvalue weighted by Crippen LogP contribution is -2.37. The van der Waals surface area contributed by atoms with Crippen LogP contribution in [0.3, 0.4) is 0 Å². The van der Waals surface area contributed by atoms with Crippen molar-refractivity contribution in [1.29, 1.82) is 0 Å². The summed E-state index contributed by atoms with van der Waals surface area (Å²) >= 11 is 0. The van der Waals surface area contributed by atoms with Gasteiger partial charge < -0.3 is 20.8 Å². The number of aliphatic hydroxyl groups excluding tert-OH is 1. The van der Waals surface area contributed by atoms with Gasteiger partial charge in [0.15, 0.2) is 5.82 Å². The third kappa shape index (κ3) is 5.34. The molecule has 0 unspecified atom stereocenters. The zero-order valence-corrected chi connectivity index (χ0v) is 18.2. The number of anilines is 1. The highest BCUT2D eigenvalue weighted by molar-refractivity contribution is 5.85. The molecule has 4 rings (SSSR count). The lowest BCUT2D eigenvalue weighted by molar-refractivity contribution is -0.137. The Kier molecular flexibility index (Phi) is 8.38. The van der Waals surface area contributed by atoms with E-state index in [1.807, 2.05) is 0 Å². The summed E-state index contributed by atoms with van der Waals surface area (Å²) in [7, 11) is 0. The van der Waals surface area contributed by atoms with Crippen molar-refractivity contribution in [2.75, 3.05) is 11.9 Å². The Bertz CT molecular complexity index is 915. The zero-order valence-electron chi connectivity index (χ0n) is 16.6. The van der Waals surface area contributed by atoms with Gasteiger partial charge in [0.1, 0.15) is 11.4 Å². The lowest BCUT2D eigenvalue weighted by atomic mass is 9.91. The molecule has 6 nitrogen and oxygen atoms in total. The smallest absolute Gasteiger partial charge is 0.416 e. The molecule has 4 N–H and O–H groups in total. The minimum Gasteiger partial charge on any atom is -0.507 e. The Labute approximate surface area is 190 Å². The lowest BCUT2D eigenvalue weighted by Gasteiger charge is -2.30. The molecule has 1 aliphatic heterocycles. The molecule has 0 amide bonds. The topological polar surface area (TPSA) is 90.3 Å². The number of phenolic OH excluding ortho intramolecular Hbond substituents is 1. The first kappa shape index (κ1) is 25.5. The number of hydrogen-bond donors (Lipinski definition) is 4. The van der Waals surface area contributed by atoms with E-state index in [2.05, 4.69) is 20.8 Å². The van der Waals surface area contributed by atoms with Gasteiger partial charge in [-0.3, -0.25) is 0 Å². The molecule has 2 atom stereocenters. The number of rotatable bonds is 3. The van der Waals surface area contributed by atoms with E-state index in [1.165, 1.54) is 6.07 Å². The van der Waals surface area contributed by atoms with Crippen LogP contribution in [0.2, 0.25) is 0 Å². The molecule has 0 bridgehead atoms. The molecule has 172 valence electrons. The minimum atomic E-state index is -4.53. The van der Waals surface area contributed by atoms with Crippen LogP contribution in [-0.4, -0.2) is 39.1 Å². The van der Waals surface area contributed by atoms with E-state index in [-0.39, 0.29) is 36.4 Å². The summed E-state index contributed by atoms with van der Waals surface area (Å²) in [5.41, 5.74) is 1.43. The summed E-state index contributed by atoms with van der Waals surface area (Å²) in [5, 5.41) is 35.6. The van der Waals surface area contributed by atoms with Gasteiger partial charge in [0, 0.05) is 17.7 Å². The Morgan fingerprint density at radius 1 is 1.06 bits per heavy atom. The number of aromatic nitrogens is 2. The number of aliphatic hydroxyl groups is 1. The largest absolute Gasteiger partial charge is 0.507 e. The third-order valence-electron chi connectivity index (χ3n) is 5.67. The van der Waals surface area contributed by atoms with E-state index in [0.717, 1.165) is 48.9 Å². The van der Waals surface area contributed by atoms with E-state index >= 15 is 0 Å². The van der Waals surface area contributed by atoms with E-state index < -0.39 is 23.6 Å². The summed E-state index contributed by atoms with van der Waals surface area (Å²) in [6, 6.07) is 2.79. The molecule has 1 saturated carbocycles. The van der Waals surface area contributed by atoms with Crippen LogP contribution in [0, 0.1) is 0 Å². The highest BCUT2D eigenvalue weighted by Gasteiger charge is 2.32. The molecule has 2 heterocycles.